The van der Waals surface area contributed by atoms with E-state index in [0.29, 0.717) is 12.5 Å². The predicted molar refractivity (Wildman–Crippen MR) is 64.9 cm³/mol. The monoisotopic (exact) mass is 223 g/mol. The van der Waals surface area contributed by atoms with Crippen LogP contribution in [0.5, 0.6) is 0 Å². The predicted octanol–water partition coefficient (Wildman–Crippen LogP) is 1.23. The molecule has 90 valence electrons. The molecule has 1 unspecified atom stereocenters. The Bertz CT molecular complexity index is 355. The summed E-state index contributed by atoms with van der Waals surface area (Å²) in [7, 11) is 3.51. The molecule has 0 spiro atoms. The van der Waals surface area contributed by atoms with Gasteiger partial charge >= 0.3 is 0 Å². The molecule has 2 N–H and O–H groups in total. The summed E-state index contributed by atoms with van der Waals surface area (Å²) in [6, 6.07) is 2.02. The zero-order valence-corrected chi connectivity index (χ0v) is 10.5. The van der Waals surface area contributed by atoms with E-state index in [1.54, 1.807) is 19.0 Å². The van der Waals surface area contributed by atoms with Crippen LogP contribution in [0.25, 0.3) is 0 Å². The standard InChI is InChI=1S/C12H21N3O/c1-9(2)12(13)10-5-6-15(7-10)8-11(16)14(3)4/h5-7,9,12H,8,13H2,1-4H3. The van der Waals surface area contributed by atoms with Gasteiger partial charge in [0.1, 0.15) is 6.54 Å². The number of rotatable bonds is 4. The second-order valence-corrected chi connectivity index (χ2v) is 4.68. The van der Waals surface area contributed by atoms with Crippen molar-refractivity contribution in [2.24, 2.45) is 11.7 Å². The molecule has 1 heterocycles. The minimum atomic E-state index is 0.0377. The Morgan fingerprint density at radius 3 is 2.62 bits per heavy atom. The average molecular weight is 223 g/mol. The summed E-state index contributed by atoms with van der Waals surface area (Å²) >= 11 is 0. The lowest BCUT2D eigenvalue weighted by atomic mass is 10.00. The molecule has 0 saturated carbocycles. The Labute approximate surface area is 97.0 Å². The van der Waals surface area contributed by atoms with E-state index >= 15 is 0 Å². The third-order valence-electron chi connectivity index (χ3n) is 2.69. The number of hydrogen-bond acceptors (Lipinski definition) is 2. The quantitative estimate of drug-likeness (QED) is 0.834. The second kappa shape index (κ2) is 5.16. The summed E-state index contributed by atoms with van der Waals surface area (Å²) in [4.78, 5) is 13.1. The molecular formula is C12H21N3O. The van der Waals surface area contributed by atoms with Crippen molar-refractivity contribution in [2.45, 2.75) is 26.4 Å². The number of hydrogen-bond donors (Lipinski definition) is 1. The first-order valence-corrected chi connectivity index (χ1v) is 5.53. The minimum absolute atomic E-state index is 0.0377. The SMILES string of the molecule is CC(C)C(N)c1ccn(CC(=O)N(C)C)c1. The molecule has 0 aromatic carbocycles. The van der Waals surface area contributed by atoms with Crippen molar-refractivity contribution < 1.29 is 4.79 Å². The number of carbonyl (C=O) groups is 1. The molecule has 1 aromatic heterocycles. The van der Waals surface area contributed by atoms with Gasteiger partial charge in [0, 0.05) is 32.5 Å². The Kier molecular flexibility index (Phi) is 4.12. The largest absolute Gasteiger partial charge is 0.347 e. The molecule has 1 aromatic rings. The Morgan fingerprint density at radius 1 is 1.50 bits per heavy atom. The maximum absolute atomic E-state index is 11.5. The summed E-state index contributed by atoms with van der Waals surface area (Å²) in [5.41, 5.74) is 7.12. The van der Waals surface area contributed by atoms with Gasteiger partial charge in [0.2, 0.25) is 5.91 Å². The van der Waals surface area contributed by atoms with E-state index in [1.807, 2.05) is 23.0 Å². The van der Waals surface area contributed by atoms with Crippen LogP contribution in [0.1, 0.15) is 25.5 Å². The van der Waals surface area contributed by atoms with Crippen molar-refractivity contribution in [1.29, 1.82) is 0 Å². The van der Waals surface area contributed by atoms with Crippen LogP contribution in [0.3, 0.4) is 0 Å². The summed E-state index contributed by atoms with van der Waals surface area (Å²) in [6.07, 6.45) is 3.85. The molecule has 1 amide bonds. The van der Waals surface area contributed by atoms with Crippen LogP contribution in [0, 0.1) is 5.92 Å². The van der Waals surface area contributed by atoms with E-state index in [1.165, 1.54) is 0 Å². The van der Waals surface area contributed by atoms with Crippen molar-refractivity contribution in [3.05, 3.63) is 24.0 Å². The highest BCUT2D eigenvalue weighted by molar-refractivity contribution is 5.75. The Balaban J connectivity index is 2.68. The van der Waals surface area contributed by atoms with Gasteiger partial charge in [-0.3, -0.25) is 4.79 Å². The number of likely N-dealkylation sites (N-methyl/N-ethyl adjacent to an activating group) is 1. The number of carbonyl (C=O) groups excluding carboxylic acids is 1. The zero-order valence-electron chi connectivity index (χ0n) is 10.5. The third kappa shape index (κ3) is 3.10. The minimum Gasteiger partial charge on any atom is -0.347 e. The molecule has 4 nitrogen and oxygen atoms in total. The van der Waals surface area contributed by atoms with Crippen LogP contribution in [0.2, 0.25) is 0 Å². The van der Waals surface area contributed by atoms with E-state index < -0.39 is 0 Å². The normalized spacial score (nSPS) is 12.9. The van der Waals surface area contributed by atoms with Crippen LogP contribution in [0.15, 0.2) is 18.5 Å². The van der Waals surface area contributed by atoms with E-state index in [2.05, 4.69) is 13.8 Å². The van der Waals surface area contributed by atoms with E-state index in [9.17, 15) is 4.79 Å². The van der Waals surface area contributed by atoms with Gasteiger partial charge in [-0.05, 0) is 17.5 Å². The summed E-state index contributed by atoms with van der Waals surface area (Å²) in [5, 5.41) is 0. The van der Waals surface area contributed by atoms with Gasteiger partial charge < -0.3 is 15.2 Å². The maximum Gasteiger partial charge on any atom is 0.241 e. The molecule has 0 fully saturated rings. The summed E-state index contributed by atoms with van der Waals surface area (Å²) in [5.74, 6) is 0.487. The third-order valence-corrected chi connectivity index (χ3v) is 2.69. The fraction of sp³-hybridized carbons (Fsp3) is 0.583. The lowest BCUT2D eigenvalue weighted by Crippen LogP contribution is -2.25. The van der Waals surface area contributed by atoms with Crippen molar-refractivity contribution in [3.63, 3.8) is 0 Å². The lowest BCUT2D eigenvalue weighted by molar-refractivity contribution is -0.129. The molecule has 0 aliphatic heterocycles. The number of amides is 1. The van der Waals surface area contributed by atoms with Gasteiger partial charge in [-0.2, -0.15) is 0 Å². The smallest absolute Gasteiger partial charge is 0.241 e. The fourth-order valence-corrected chi connectivity index (χ4v) is 1.44. The molecule has 4 heteroatoms. The highest BCUT2D eigenvalue weighted by Gasteiger charge is 2.12. The average Bonchev–Trinajstić information content (AvgIpc) is 2.64. The summed E-state index contributed by atoms with van der Waals surface area (Å²) in [6.45, 7) is 4.55. The van der Waals surface area contributed by atoms with Crippen molar-refractivity contribution in [1.82, 2.24) is 9.47 Å². The summed E-state index contributed by atoms with van der Waals surface area (Å²) < 4.78 is 1.87. The highest BCUT2D eigenvalue weighted by Crippen LogP contribution is 2.18. The molecule has 1 rings (SSSR count). The van der Waals surface area contributed by atoms with Crippen molar-refractivity contribution in [3.8, 4) is 0 Å². The molecule has 16 heavy (non-hydrogen) atoms. The first-order chi connectivity index (χ1) is 7.41. The molecule has 1 atom stereocenters. The Morgan fingerprint density at radius 2 is 2.12 bits per heavy atom. The van der Waals surface area contributed by atoms with Crippen LogP contribution >= 0.6 is 0 Å². The molecule has 0 saturated heterocycles. The number of aromatic nitrogens is 1. The van der Waals surface area contributed by atoms with Crippen molar-refractivity contribution >= 4 is 5.91 Å². The molecule has 0 radical (unpaired) electrons. The van der Waals surface area contributed by atoms with Crippen LogP contribution in [-0.2, 0) is 11.3 Å². The van der Waals surface area contributed by atoms with E-state index in [4.69, 9.17) is 5.73 Å². The molecular weight excluding hydrogens is 202 g/mol. The van der Waals surface area contributed by atoms with Gasteiger partial charge in [-0.1, -0.05) is 13.8 Å². The zero-order chi connectivity index (χ0) is 12.3. The maximum atomic E-state index is 11.5. The fourth-order valence-electron chi connectivity index (χ4n) is 1.44. The second-order valence-electron chi connectivity index (χ2n) is 4.68. The first kappa shape index (κ1) is 12.8. The number of nitrogens with two attached hydrogens (primary N) is 1. The molecule has 0 aliphatic rings. The number of nitrogens with zero attached hydrogens (tertiary/aromatic N) is 2. The van der Waals surface area contributed by atoms with Crippen LogP contribution < -0.4 is 5.73 Å². The molecule has 0 bridgehead atoms. The van der Waals surface area contributed by atoms with Gasteiger partial charge in [0.25, 0.3) is 0 Å². The topological polar surface area (TPSA) is 51.3 Å². The van der Waals surface area contributed by atoms with E-state index in [-0.39, 0.29) is 11.9 Å². The van der Waals surface area contributed by atoms with Crippen LogP contribution in [-0.4, -0.2) is 29.5 Å². The Hall–Kier alpha value is -1.29. The van der Waals surface area contributed by atoms with E-state index in [0.717, 1.165) is 5.56 Å². The van der Waals surface area contributed by atoms with Gasteiger partial charge in [-0.25, -0.2) is 0 Å². The van der Waals surface area contributed by atoms with Gasteiger partial charge in [-0.15, -0.1) is 0 Å². The lowest BCUT2D eigenvalue weighted by Gasteiger charge is -2.14. The van der Waals surface area contributed by atoms with Crippen LogP contribution in [0.4, 0.5) is 0 Å². The molecule has 0 aliphatic carbocycles. The van der Waals surface area contributed by atoms with Gasteiger partial charge in [0.15, 0.2) is 0 Å². The van der Waals surface area contributed by atoms with Gasteiger partial charge in [0.05, 0.1) is 0 Å². The highest BCUT2D eigenvalue weighted by atomic mass is 16.2. The van der Waals surface area contributed by atoms with Crippen molar-refractivity contribution in [2.75, 3.05) is 14.1 Å². The first-order valence-electron chi connectivity index (χ1n) is 5.53.